The van der Waals surface area contributed by atoms with Crippen LogP contribution >= 0.6 is 11.6 Å². The summed E-state index contributed by atoms with van der Waals surface area (Å²) < 4.78 is 0. The van der Waals surface area contributed by atoms with E-state index in [2.05, 4.69) is 10.6 Å². The molecule has 3 rings (SSSR count). The number of hydrogen-bond donors (Lipinski definition) is 2. The van der Waals surface area contributed by atoms with Crippen molar-refractivity contribution in [1.82, 2.24) is 5.32 Å². The molecule has 2 aromatic rings. The van der Waals surface area contributed by atoms with Gasteiger partial charge in [0.2, 0.25) is 0 Å². The maximum absolute atomic E-state index is 12.4. The summed E-state index contributed by atoms with van der Waals surface area (Å²) >= 11 is 5.95. The van der Waals surface area contributed by atoms with Gasteiger partial charge in [0.05, 0.1) is 0 Å². The summed E-state index contributed by atoms with van der Waals surface area (Å²) in [5.41, 5.74) is 3.96. The maximum atomic E-state index is 12.4. The highest BCUT2D eigenvalue weighted by Gasteiger charge is 2.16. The lowest BCUT2D eigenvalue weighted by Gasteiger charge is -2.20. The molecule has 1 heterocycles. The highest BCUT2D eigenvalue weighted by molar-refractivity contribution is 6.30. The molecule has 1 aliphatic rings. The molecule has 3 nitrogen and oxygen atoms in total. The van der Waals surface area contributed by atoms with Gasteiger partial charge in [-0.3, -0.25) is 4.79 Å². The van der Waals surface area contributed by atoms with Crippen molar-refractivity contribution in [3.63, 3.8) is 0 Å². The molecule has 0 saturated carbocycles. The van der Waals surface area contributed by atoms with Crippen LogP contribution in [0, 0.1) is 0 Å². The Hall–Kier alpha value is -2.00. The smallest absolute Gasteiger partial charge is 0.251 e. The quantitative estimate of drug-likeness (QED) is 0.909. The lowest BCUT2D eigenvalue weighted by molar-refractivity contribution is 0.0950. The second-order valence-corrected chi connectivity index (χ2v) is 5.61. The van der Waals surface area contributed by atoms with Gasteiger partial charge in [-0.15, -0.1) is 0 Å². The van der Waals surface area contributed by atoms with Crippen LogP contribution in [-0.4, -0.2) is 12.5 Å². The Kier molecular flexibility index (Phi) is 4.11. The third kappa shape index (κ3) is 3.19. The van der Waals surface area contributed by atoms with Crippen LogP contribution in [-0.2, 0) is 13.0 Å². The van der Waals surface area contributed by atoms with Gasteiger partial charge in [0, 0.05) is 29.4 Å². The van der Waals surface area contributed by atoms with Crippen molar-refractivity contribution in [2.75, 3.05) is 11.9 Å². The zero-order chi connectivity index (χ0) is 14.7. The zero-order valence-electron chi connectivity index (χ0n) is 11.7. The number of fused-ring (bicyclic) bond motifs is 1. The fourth-order valence-electron chi connectivity index (χ4n) is 2.65. The third-order valence-electron chi connectivity index (χ3n) is 3.68. The number of nitrogens with one attached hydrogen (secondary N) is 2. The van der Waals surface area contributed by atoms with E-state index in [0.717, 1.165) is 41.8 Å². The largest absolute Gasteiger partial charge is 0.385 e. The van der Waals surface area contributed by atoms with Crippen LogP contribution < -0.4 is 10.6 Å². The van der Waals surface area contributed by atoms with Crippen molar-refractivity contribution in [2.24, 2.45) is 0 Å². The van der Waals surface area contributed by atoms with Crippen LogP contribution in [0.3, 0.4) is 0 Å². The zero-order valence-corrected chi connectivity index (χ0v) is 12.4. The molecule has 0 bridgehead atoms. The van der Waals surface area contributed by atoms with E-state index in [9.17, 15) is 4.79 Å². The highest BCUT2D eigenvalue weighted by Crippen LogP contribution is 2.25. The molecule has 0 radical (unpaired) electrons. The van der Waals surface area contributed by atoms with Gasteiger partial charge in [0.1, 0.15) is 0 Å². The number of carbonyl (C=O) groups excluding carboxylic acids is 1. The van der Waals surface area contributed by atoms with Crippen LogP contribution in [0.2, 0.25) is 5.02 Å². The van der Waals surface area contributed by atoms with Gasteiger partial charge < -0.3 is 10.6 Å². The molecule has 2 aromatic carbocycles. The van der Waals surface area contributed by atoms with Crippen LogP contribution in [0.1, 0.15) is 27.9 Å². The fourth-order valence-corrected chi connectivity index (χ4v) is 2.86. The number of benzene rings is 2. The number of rotatable bonds is 3. The maximum Gasteiger partial charge on any atom is 0.251 e. The lowest BCUT2D eigenvalue weighted by atomic mass is 9.97. The van der Waals surface area contributed by atoms with Crippen molar-refractivity contribution < 1.29 is 4.79 Å². The number of amides is 1. The monoisotopic (exact) mass is 300 g/mol. The van der Waals surface area contributed by atoms with Gasteiger partial charge in [0.25, 0.3) is 5.91 Å². The molecule has 1 amide bonds. The van der Waals surface area contributed by atoms with Crippen molar-refractivity contribution in [3.8, 4) is 0 Å². The number of hydrogen-bond acceptors (Lipinski definition) is 2. The van der Waals surface area contributed by atoms with E-state index in [1.165, 1.54) is 0 Å². The number of carbonyl (C=O) groups is 1. The lowest BCUT2D eigenvalue weighted by Crippen LogP contribution is -2.25. The predicted molar refractivity (Wildman–Crippen MR) is 85.9 cm³/mol. The summed E-state index contributed by atoms with van der Waals surface area (Å²) in [6.45, 7) is 1.46. The number of anilines is 1. The first-order chi connectivity index (χ1) is 10.2. The van der Waals surface area contributed by atoms with E-state index in [0.29, 0.717) is 11.6 Å². The molecule has 0 saturated heterocycles. The second-order valence-electron chi connectivity index (χ2n) is 5.17. The van der Waals surface area contributed by atoms with E-state index in [-0.39, 0.29) is 5.91 Å². The predicted octanol–water partition coefficient (Wildman–Crippen LogP) is 3.63. The third-order valence-corrected chi connectivity index (χ3v) is 3.92. The average molecular weight is 301 g/mol. The molecular formula is C17H17ClN2O. The van der Waals surface area contributed by atoms with Crippen molar-refractivity contribution in [3.05, 3.63) is 64.2 Å². The minimum atomic E-state index is -0.0319. The van der Waals surface area contributed by atoms with Gasteiger partial charge in [-0.1, -0.05) is 29.8 Å². The van der Waals surface area contributed by atoms with Crippen molar-refractivity contribution in [1.29, 1.82) is 0 Å². The average Bonchev–Trinajstić information content (AvgIpc) is 2.52. The SMILES string of the molecule is O=C(NCc1cccc(Cl)c1)c1cccc2c1CCCN2. The van der Waals surface area contributed by atoms with E-state index in [1.54, 1.807) is 0 Å². The molecule has 0 aliphatic carbocycles. The van der Waals surface area contributed by atoms with Gasteiger partial charge in [-0.25, -0.2) is 0 Å². The van der Waals surface area contributed by atoms with Gasteiger partial charge in [0.15, 0.2) is 0 Å². The molecule has 0 atom stereocenters. The first-order valence-corrected chi connectivity index (χ1v) is 7.50. The Balaban J connectivity index is 1.74. The molecular weight excluding hydrogens is 284 g/mol. The van der Waals surface area contributed by atoms with E-state index < -0.39 is 0 Å². The Labute approximate surface area is 129 Å². The minimum Gasteiger partial charge on any atom is -0.385 e. The molecule has 0 unspecified atom stereocenters. The summed E-state index contributed by atoms with van der Waals surface area (Å²) in [5.74, 6) is -0.0319. The van der Waals surface area contributed by atoms with Gasteiger partial charge >= 0.3 is 0 Å². The summed E-state index contributed by atoms with van der Waals surface area (Å²) in [6, 6.07) is 13.4. The molecule has 0 spiro atoms. The number of halogens is 1. The molecule has 2 N–H and O–H groups in total. The summed E-state index contributed by atoms with van der Waals surface area (Å²) in [7, 11) is 0. The molecule has 21 heavy (non-hydrogen) atoms. The Morgan fingerprint density at radius 3 is 2.95 bits per heavy atom. The second kappa shape index (κ2) is 6.19. The fraction of sp³-hybridized carbons (Fsp3) is 0.235. The summed E-state index contributed by atoms with van der Waals surface area (Å²) in [6.07, 6.45) is 2.01. The van der Waals surface area contributed by atoms with Crippen LogP contribution in [0.4, 0.5) is 5.69 Å². The first kappa shape index (κ1) is 14.0. The van der Waals surface area contributed by atoms with Gasteiger partial charge in [-0.05, 0) is 48.2 Å². The standard InChI is InChI=1S/C17H17ClN2O/c18-13-5-1-4-12(10-13)11-20-17(21)15-6-2-8-16-14(15)7-3-9-19-16/h1-2,4-6,8,10,19H,3,7,9,11H2,(H,20,21). The molecule has 108 valence electrons. The van der Waals surface area contributed by atoms with E-state index in [4.69, 9.17) is 11.6 Å². The molecule has 0 aromatic heterocycles. The van der Waals surface area contributed by atoms with E-state index in [1.807, 2.05) is 42.5 Å². The Bertz CT molecular complexity index is 670. The molecule has 1 aliphatic heterocycles. The normalized spacial score (nSPS) is 13.2. The van der Waals surface area contributed by atoms with Crippen LogP contribution in [0.5, 0.6) is 0 Å². The summed E-state index contributed by atoms with van der Waals surface area (Å²) in [4.78, 5) is 12.4. The molecule has 4 heteroatoms. The van der Waals surface area contributed by atoms with Crippen LogP contribution in [0.15, 0.2) is 42.5 Å². The van der Waals surface area contributed by atoms with Crippen LogP contribution in [0.25, 0.3) is 0 Å². The Morgan fingerprint density at radius 1 is 1.24 bits per heavy atom. The van der Waals surface area contributed by atoms with Crippen molar-refractivity contribution >= 4 is 23.2 Å². The topological polar surface area (TPSA) is 41.1 Å². The van der Waals surface area contributed by atoms with Gasteiger partial charge in [-0.2, -0.15) is 0 Å². The van der Waals surface area contributed by atoms with E-state index >= 15 is 0 Å². The minimum absolute atomic E-state index is 0.0319. The Morgan fingerprint density at radius 2 is 2.10 bits per heavy atom. The molecule has 0 fully saturated rings. The summed E-state index contributed by atoms with van der Waals surface area (Å²) in [5, 5.41) is 6.99. The first-order valence-electron chi connectivity index (χ1n) is 7.12. The highest BCUT2D eigenvalue weighted by atomic mass is 35.5. The van der Waals surface area contributed by atoms with Crippen molar-refractivity contribution in [2.45, 2.75) is 19.4 Å².